The molecule has 1 saturated heterocycles. The van der Waals surface area contributed by atoms with Crippen LogP contribution in [0.15, 0.2) is 42.0 Å². The van der Waals surface area contributed by atoms with Crippen molar-refractivity contribution < 1.29 is 9.53 Å². The number of hydrogen-bond acceptors (Lipinski definition) is 7. The summed E-state index contributed by atoms with van der Waals surface area (Å²) in [6.07, 6.45) is 2.44. The number of ether oxygens (including phenoxy) is 1. The molecule has 7 nitrogen and oxygen atoms in total. The zero-order valence-corrected chi connectivity index (χ0v) is 17.8. The van der Waals surface area contributed by atoms with E-state index in [-0.39, 0.29) is 18.0 Å². The van der Waals surface area contributed by atoms with E-state index >= 15 is 0 Å². The van der Waals surface area contributed by atoms with Gasteiger partial charge < -0.3 is 15.0 Å². The molecule has 1 amide bonds. The zero-order valence-electron chi connectivity index (χ0n) is 17.0. The van der Waals surface area contributed by atoms with Gasteiger partial charge in [0.1, 0.15) is 22.7 Å². The normalized spacial score (nSPS) is 20.4. The number of para-hydroxylation sites is 1. The minimum atomic E-state index is -0.172. The second-order valence-corrected chi connectivity index (χ2v) is 8.67. The molecule has 2 atom stereocenters. The molecule has 2 aromatic heterocycles. The number of thiophene rings is 1. The molecule has 2 aliphatic heterocycles. The highest BCUT2D eigenvalue weighted by Gasteiger charge is 2.29. The fraction of sp³-hybridized carbons (Fsp3) is 0.409. The Morgan fingerprint density at radius 3 is 2.90 bits per heavy atom. The van der Waals surface area contributed by atoms with E-state index in [1.807, 2.05) is 31.2 Å². The number of benzene rings is 1. The van der Waals surface area contributed by atoms with E-state index in [0.29, 0.717) is 6.61 Å². The van der Waals surface area contributed by atoms with Gasteiger partial charge in [-0.2, -0.15) is 0 Å². The molecule has 0 spiro atoms. The molecule has 0 aliphatic carbocycles. The Morgan fingerprint density at radius 1 is 1.20 bits per heavy atom. The summed E-state index contributed by atoms with van der Waals surface area (Å²) in [6.45, 7) is 5.98. The Hall–Kier alpha value is -2.71. The number of piperazine rings is 1. The summed E-state index contributed by atoms with van der Waals surface area (Å²) >= 11 is 1.64. The highest BCUT2D eigenvalue weighted by Crippen LogP contribution is 2.32. The van der Waals surface area contributed by atoms with Crippen LogP contribution in [0.4, 0.5) is 5.82 Å². The standard InChI is InChI=1S/C22H25N5O2S/c1-15(21(28)25-18-6-12-29-19-5-3-2-4-16(18)19)26-8-10-27(11-9-26)20-17-7-13-30-22(17)24-14-23-20/h2-5,7,13-15,18H,6,8-12H2,1H3,(H,25,28). The van der Waals surface area contributed by atoms with Crippen molar-refractivity contribution >= 4 is 33.3 Å². The highest BCUT2D eigenvalue weighted by molar-refractivity contribution is 7.16. The maximum absolute atomic E-state index is 13.0. The van der Waals surface area contributed by atoms with Crippen LogP contribution in [-0.2, 0) is 4.79 Å². The zero-order chi connectivity index (χ0) is 20.5. The maximum atomic E-state index is 13.0. The van der Waals surface area contributed by atoms with Crippen molar-refractivity contribution in [2.75, 3.05) is 37.7 Å². The SMILES string of the molecule is CC(C(=O)NC1CCOc2ccccc21)N1CCN(c2ncnc3sccc23)CC1. The van der Waals surface area contributed by atoms with Crippen LogP contribution in [-0.4, -0.2) is 59.6 Å². The molecule has 1 fully saturated rings. The summed E-state index contributed by atoms with van der Waals surface area (Å²) in [6, 6.07) is 9.89. The third kappa shape index (κ3) is 3.61. The first-order chi connectivity index (χ1) is 14.7. The molecule has 1 aromatic carbocycles. The second-order valence-electron chi connectivity index (χ2n) is 7.77. The summed E-state index contributed by atoms with van der Waals surface area (Å²) in [5, 5.41) is 6.41. The Bertz CT molecular complexity index is 1050. The molecule has 156 valence electrons. The van der Waals surface area contributed by atoms with Crippen molar-refractivity contribution in [2.45, 2.75) is 25.4 Å². The van der Waals surface area contributed by atoms with E-state index in [9.17, 15) is 4.79 Å². The first-order valence-electron chi connectivity index (χ1n) is 10.4. The van der Waals surface area contributed by atoms with Crippen molar-refractivity contribution in [3.63, 3.8) is 0 Å². The van der Waals surface area contributed by atoms with Crippen LogP contribution in [0.2, 0.25) is 0 Å². The van der Waals surface area contributed by atoms with Crippen LogP contribution in [0.5, 0.6) is 5.75 Å². The number of carbonyl (C=O) groups excluding carboxylic acids is 1. The van der Waals surface area contributed by atoms with Crippen LogP contribution in [0.1, 0.15) is 24.9 Å². The maximum Gasteiger partial charge on any atom is 0.237 e. The van der Waals surface area contributed by atoms with Crippen LogP contribution in [0, 0.1) is 0 Å². The van der Waals surface area contributed by atoms with Gasteiger partial charge in [-0.05, 0) is 24.4 Å². The van der Waals surface area contributed by atoms with Gasteiger partial charge in [-0.3, -0.25) is 9.69 Å². The number of carbonyl (C=O) groups is 1. The number of nitrogens with one attached hydrogen (secondary N) is 1. The van der Waals surface area contributed by atoms with Crippen molar-refractivity contribution in [3.8, 4) is 5.75 Å². The monoisotopic (exact) mass is 423 g/mol. The molecule has 30 heavy (non-hydrogen) atoms. The smallest absolute Gasteiger partial charge is 0.237 e. The molecule has 4 heterocycles. The predicted molar refractivity (Wildman–Crippen MR) is 118 cm³/mol. The molecule has 0 saturated carbocycles. The van der Waals surface area contributed by atoms with E-state index in [4.69, 9.17) is 4.74 Å². The topological polar surface area (TPSA) is 70.6 Å². The van der Waals surface area contributed by atoms with E-state index in [1.165, 1.54) is 0 Å². The number of nitrogens with zero attached hydrogens (tertiary/aromatic N) is 4. The molecule has 2 aliphatic rings. The van der Waals surface area contributed by atoms with Gasteiger partial charge in [0.2, 0.25) is 5.91 Å². The number of amides is 1. The Kier molecular flexibility index (Phi) is 5.26. The molecule has 2 unspecified atom stereocenters. The minimum Gasteiger partial charge on any atom is -0.493 e. The largest absolute Gasteiger partial charge is 0.493 e. The van der Waals surface area contributed by atoms with Crippen LogP contribution >= 0.6 is 11.3 Å². The van der Waals surface area contributed by atoms with E-state index in [2.05, 4.69) is 36.5 Å². The fourth-order valence-corrected chi connectivity index (χ4v) is 5.03. The van der Waals surface area contributed by atoms with Crippen molar-refractivity contribution in [1.29, 1.82) is 0 Å². The van der Waals surface area contributed by atoms with Crippen LogP contribution in [0.3, 0.4) is 0 Å². The van der Waals surface area contributed by atoms with Crippen molar-refractivity contribution in [3.05, 3.63) is 47.6 Å². The third-order valence-electron chi connectivity index (χ3n) is 6.06. The molecule has 8 heteroatoms. The van der Waals surface area contributed by atoms with Gasteiger partial charge in [-0.15, -0.1) is 11.3 Å². The van der Waals surface area contributed by atoms with Gasteiger partial charge >= 0.3 is 0 Å². The molecule has 1 N–H and O–H groups in total. The Morgan fingerprint density at radius 2 is 2.03 bits per heavy atom. The van der Waals surface area contributed by atoms with Gasteiger partial charge in [0.25, 0.3) is 0 Å². The lowest BCUT2D eigenvalue weighted by molar-refractivity contribution is -0.127. The summed E-state index contributed by atoms with van der Waals surface area (Å²) in [4.78, 5) is 27.4. The predicted octanol–water partition coefficient (Wildman–Crippen LogP) is 2.84. The fourth-order valence-electron chi connectivity index (χ4n) is 4.30. The average molecular weight is 424 g/mol. The number of rotatable bonds is 4. The van der Waals surface area contributed by atoms with Gasteiger partial charge in [0.15, 0.2) is 0 Å². The number of anilines is 1. The van der Waals surface area contributed by atoms with E-state index in [0.717, 1.165) is 59.9 Å². The average Bonchev–Trinajstić information content (AvgIpc) is 3.28. The van der Waals surface area contributed by atoms with E-state index < -0.39 is 0 Å². The van der Waals surface area contributed by atoms with Crippen molar-refractivity contribution in [1.82, 2.24) is 20.2 Å². The second kappa shape index (κ2) is 8.20. The molecular weight excluding hydrogens is 398 g/mol. The number of hydrogen-bond donors (Lipinski definition) is 1. The van der Waals surface area contributed by atoms with Gasteiger partial charge in [0, 0.05) is 38.2 Å². The molecule has 0 radical (unpaired) electrons. The quantitative estimate of drug-likeness (QED) is 0.696. The van der Waals surface area contributed by atoms with Gasteiger partial charge in [-0.25, -0.2) is 9.97 Å². The van der Waals surface area contributed by atoms with Crippen LogP contribution in [0.25, 0.3) is 10.2 Å². The number of aromatic nitrogens is 2. The minimum absolute atomic E-state index is 0.0130. The van der Waals surface area contributed by atoms with Gasteiger partial charge in [0.05, 0.1) is 24.1 Å². The van der Waals surface area contributed by atoms with Crippen LogP contribution < -0.4 is 15.0 Å². The molecule has 0 bridgehead atoms. The molecular formula is C22H25N5O2S. The Balaban J connectivity index is 1.21. The first-order valence-corrected chi connectivity index (χ1v) is 11.3. The number of fused-ring (bicyclic) bond motifs is 2. The lowest BCUT2D eigenvalue weighted by atomic mass is 10.00. The summed E-state index contributed by atoms with van der Waals surface area (Å²) in [5.41, 5.74) is 1.07. The Labute approximate surface area is 179 Å². The lowest BCUT2D eigenvalue weighted by Crippen LogP contribution is -2.54. The molecule has 5 rings (SSSR count). The van der Waals surface area contributed by atoms with E-state index in [1.54, 1.807) is 17.7 Å². The summed E-state index contributed by atoms with van der Waals surface area (Å²) < 4.78 is 5.71. The first kappa shape index (κ1) is 19.3. The summed E-state index contributed by atoms with van der Waals surface area (Å²) in [7, 11) is 0. The summed E-state index contributed by atoms with van der Waals surface area (Å²) in [5.74, 6) is 1.95. The lowest BCUT2D eigenvalue weighted by Gasteiger charge is -2.38. The third-order valence-corrected chi connectivity index (χ3v) is 6.88. The molecule has 3 aromatic rings. The highest BCUT2D eigenvalue weighted by atomic mass is 32.1. The van der Waals surface area contributed by atoms with Gasteiger partial charge in [-0.1, -0.05) is 18.2 Å². The van der Waals surface area contributed by atoms with Crippen molar-refractivity contribution in [2.24, 2.45) is 0 Å².